The molecule has 0 aliphatic carbocycles. The Morgan fingerprint density at radius 2 is 2.54 bits per heavy atom. The Bertz CT molecular complexity index is 256. The van der Waals surface area contributed by atoms with Crippen molar-refractivity contribution in [3.8, 4) is 0 Å². The molecule has 0 aliphatic rings. The third kappa shape index (κ3) is 2.91. The van der Waals surface area contributed by atoms with Crippen molar-refractivity contribution in [2.75, 3.05) is 6.54 Å². The van der Waals surface area contributed by atoms with Crippen LogP contribution in [0.25, 0.3) is 0 Å². The van der Waals surface area contributed by atoms with Crippen LogP contribution >= 0.6 is 0 Å². The zero-order valence-corrected chi connectivity index (χ0v) is 7.71. The normalized spacial score (nSPS) is 12.5. The molecule has 1 unspecified atom stereocenters. The maximum Gasteiger partial charge on any atom is 0.267 e. The molecule has 4 heteroatoms. The van der Waals surface area contributed by atoms with Crippen LogP contribution in [0.1, 0.15) is 23.8 Å². The summed E-state index contributed by atoms with van der Waals surface area (Å²) in [6.45, 7) is 2.51. The van der Waals surface area contributed by atoms with Crippen LogP contribution in [0.2, 0.25) is 0 Å². The van der Waals surface area contributed by atoms with Gasteiger partial charge in [-0.1, -0.05) is 6.92 Å². The summed E-state index contributed by atoms with van der Waals surface area (Å²) < 4.78 is 0. The number of hydrogen-bond donors (Lipinski definition) is 3. The van der Waals surface area contributed by atoms with Crippen molar-refractivity contribution in [3.63, 3.8) is 0 Å². The first-order chi connectivity index (χ1) is 6.24. The highest BCUT2D eigenvalue weighted by Gasteiger charge is 2.06. The van der Waals surface area contributed by atoms with Gasteiger partial charge in [0.2, 0.25) is 0 Å². The van der Waals surface area contributed by atoms with Crippen molar-refractivity contribution in [2.45, 2.75) is 19.4 Å². The van der Waals surface area contributed by atoms with Crippen molar-refractivity contribution < 1.29 is 4.79 Å². The van der Waals surface area contributed by atoms with Crippen molar-refractivity contribution in [2.24, 2.45) is 5.73 Å². The predicted molar refractivity (Wildman–Crippen MR) is 51.4 cm³/mol. The Morgan fingerprint density at radius 1 is 1.77 bits per heavy atom. The second-order valence-corrected chi connectivity index (χ2v) is 2.96. The molecule has 1 aromatic heterocycles. The summed E-state index contributed by atoms with van der Waals surface area (Å²) in [4.78, 5) is 14.2. The average Bonchev–Trinajstić information content (AvgIpc) is 2.66. The highest BCUT2D eigenvalue weighted by molar-refractivity contribution is 5.92. The number of hydrogen-bond acceptors (Lipinski definition) is 2. The smallest absolute Gasteiger partial charge is 0.267 e. The number of carbonyl (C=O) groups excluding carboxylic acids is 1. The quantitative estimate of drug-likeness (QED) is 0.632. The van der Waals surface area contributed by atoms with Crippen molar-refractivity contribution in [1.29, 1.82) is 0 Å². The Morgan fingerprint density at radius 3 is 3.08 bits per heavy atom. The fraction of sp³-hybridized carbons (Fsp3) is 0.444. The molecular weight excluding hydrogens is 166 g/mol. The molecule has 4 nitrogen and oxygen atoms in total. The van der Waals surface area contributed by atoms with Gasteiger partial charge in [-0.05, 0) is 18.6 Å². The zero-order valence-electron chi connectivity index (χ0n) is 7.71. The minimum atomic E-state index is -0.103. The van der Waals surface area contributed by atoms with Gasteiger partial charge in [-0.3, -0.25) is 4.79 Å². The van der Waals surface area contributed by atoms with E-state index in [0.717, 1.165) is 6.42 Å². The number of carbonyl (C=O) groups is 1. The van der Waals surface area contributed by atoms with E-state index in [0.29, 0.717) is 12.2 Å². The molecule has 72 valence electrons. The van der Waals surface area contributed by atoms with Crippen molar-refractivity contribution in [1.82, 2.24) is 10.3 Å². The van der Waals surface area contributed by atoms with Crippen LogP contribution in [0.4, 0.5) is 0 Å². The standard InChI is InChI=1S/C9H15N3O/c1-2-7(10)6-12-9(13)8-4-3-5-11-8/h3-5,7,11H,2,6,10H2,1H3,(H,12,13). The molecule has 0 aromatic carbocycles. The lowest BCUT2D eigenvalue weighted by Crippen LogP contribution is -2.36. The van der Waals surface area contributed by atoms with Gasteiger partial charge < -0.3 is 16.0 Å². The number of H-pyrrole nitrogens is 1. The molecule has 0 radical (unpaired) electrons. The van der Waals surface area contributed by atoms with Crippen LogP contribution in [0.15, 0.2) is 18.3 Å². The average molecular weight is 181 g/mol. The zero-order chi connectivity index (χ0) is 9.68. The minimum absolute atomic E-state index is 0.0407. The highest BCUT2D eigenvalue weighted by atomic mass is 16.1. The Kier molecular flexibility index (Phi) is 3.52. The fourth-order valence-electron chi connectivity index (χ4n) is 0.935. The first kappa shape index (κ1) is 9.80. The third-order valence-corrected chi connectivity index (χ3v) is 1.89. The third-order valence-electron chi connectivity index (χ3n) is 1.89. The molecular formula is C9H15N3O. The molecule has 0 fully saturated rings. The second-order valence-electron chi connectivity index (χ2n) is 2.96. The molecule has 4 N–H and O–H groups in total. The number of nitrogens with two attached hydrogens (primary N) is 1. The lowest BCUT2D eigenvalue weighted by Gasteiger charge is -2.09. The van der Waals surface area contributed by atoms with Crippen molar-refractivity contribution >= 4 is 5.91 Å². The van der Waals surface area contributed by atoms with Gasteiger partial charge in [-0.15, -0.1) is 0 Å². The number of aromatic amines is 1. The molecule has 0 bridgehead atoms. The number of rotatable bonds is 4. The summed E-state index contributed by atoms with van der Waals surface area (Å²) in [5.41, 5.74) is 6.22. The summed E-state index contributed by atoms with van der Waals surface area (Å²) in [6, 6.07) is 3.56. The van der Waals surface area contributed by atoms with Gasteiger partial charge in [-0.2, -0.15) is 0 Å². The molecule has 13 heavy (non-hydrogen) atoms. The van der Waals surface area contributed by atoms with E-state index >= 15 is 0 Å². The molecule has 1 rings (SSSR count). The number of aromatic nitrogens is 1. The van der Waals surface area contributed by atoms with Gasteiger partial charge in [0.05, 0.1) is 0 Å². The van der Waals surface area contributed by atoms with Crippen LogP contribution in [-0.2, 0) is 0 Å². The molecule has 1 amide bonds. The molecule has 1 atom stereocenters. The van der Waals surface area contributed by atoms with Crippen molar-refractivity contribution in [3.05, 3.63) is 24.0 Å². The molecule has 0 saturated carbocycles. The number of nitrogens with one attached hydrogen (secondary N) is 2. The summed E-state index contributed by atoms with van der Waals surface area (Å²) in [5, 5.41) is 2.74. The van der Waals surface area contributed by atoms with E-state index in [1.165, 1.54) is 0 Å². The van der Waals surface area contributed by atoms with Crippen LogP contribution in [0.3, 0.4) is 0 Å². The summed E-state index contributed by atoms with van der Waals surface area (Å²) in [6.07, 6.45) is 2.58. The first-order valence-electron chi connectivity index (χ1n) is 4.41. The van der Waals surface area contributed by atoms with E-state index in [1.807, 2.05) is 6.92 Å². The Balaban J connectivity index is 2.35. The summed E-state index contributed by atoms with van der Waals surface area (Å²) >= 11 is 0. The van der Waals surface area contributed by atoms with E-state index < -0.39 is 0 Å². The molecule has 0 aliphatic heterocycles. The Hall–Kier alpha value is -1.29. The lowest BCUT2D eigenvalue weighted by atomic mass is 10.2. The predicted octanol–water partition coefficient (Wildman–Crippen LogP) is 0.482. The van der Waals surface area contributed by atoms with E-state index in [4.69, 9.17) is 5.73 Å². The molecule has 0 saturated heterocycles. The highest BCUT2D eigenvalue weighted by Crippen LogP contribution is 1.93. The van der Waals surface area contributed by atoms with Gasteiger partial charge in [0.15, 0.2) is 0 Å². The second kappa shape index (κ2) is 4.67. The van der Waals surface area contributed by atoms with E-state index in [-0.39, 0.29) is 11.9 Å². The van der Waals surface area contributed by atoms with Gasteiger partial charge in [-0.25, -0.2) is 0 Å². The maximum atomic E-state index is 11.3. The van der Waals surface area contributed by atoms with Gasteiger partial charge in [0.25, 0.3) is 5.91 Å². The first-order valence-corrected chi connectivity index (χ1v) is 4.41. The van der Waals surface area contributed by atoms with Gasteiger partial charge in [0.1, 0.15) is 5.69 Å². The topological polar surface area (TPSA) is 70.9 Å². The fourth-order valence-corrected chi connectivity index (χ4v) is 0.935. The largest absolute Gasteiger partial charge is 0.357 e. The minimum Gasteiger partial charge on any atom is -0.357 e. The monoisotopic (exact) mass is 181 g/mol. The van der Waals surface area contributed by atoms with E-state index in [2.05, 4.69) is 10.3 Å². The summed E-state index contributed by atoms with van der Waals surface area (Å²) in [5.74, 6) is -0.103. The lowest BCUT2D eigenvalue weighted by molar-refractivity contribution is 0.0946. The van der Waals surface area contributed by atoms with Crippen LogP contribution in [-0.4, -0.2) is 23.5 Å². The van der Waals surface area contributed by atoms with Crippen LogP contribution in [0.5, 0.6) is 0 Å². The molecule has 1 heterocycles. The van der Waals surface area contributed by atoms with Gasteiger partial charge >= 0.3 is 0 Å². The van der Waals surface area contributed by atoms with Crippen LogP contribution < -0.4 is 11.1 Å². The van der Waals surface area contributed by atoms with Gasteiger partial charge in [0, 0.05) is 18.8 Å². The molecule has 0 spiro atoms. The molecule has 1 aromatic rings. The Labute approximate surface area is 77.5 Å². The summed E-state index contributed by atoms with van der Waals surface area (Å²) in [7, 11) is 0. The number of amides is 1. The van der Waals surface area contributed by atoms with E-state index in [9.17, 15) is 4.79 Å². The maximum absolute atomic E-state index is 11.3. The van der Waals surface area contributed by atoms with E-state index in [1.54, 1.807) is 18.3 Å². The van der Waals surface area contributed by atoms with Crippen LogP contribution in [0, 0.1) is 0 Å². The SMILES string of the molecule is CCC(N)CNC(=O)c1ccc[nH]1.